The first-order valence-electron chi connectivity index (χ1n) is 4.99. The third-order valence-electron chi connectivity index (χ3n) is 1.92. The summed E-state index contributed by atoms with van der Waals surface area (Å²) in [6.45, 7) is 4.06. The summed E-state index contributed by atoms with van der Waals surface area (Å²) < 4.78 is 0. The summed E-state index contributed by atoms with van der Waals surface area (Å²) in [5.41, 5.74) is 0. The van der Waals surface area contributed by atoms with E-state index >= 15 is 0 Å². The highest BCUT2D eigenvalue weighted by Crippen LogP contribution is 2.22. The Morgan fingerprint density at radius 3 is 3.00 bits per heavy atom. The molecular weight excluding hydrogens is 216 g/mol. The molecule has 14 heavy (non-hydrogen) atoms. The number of thioether (sulfide) groups is 2. The van der Waals surface area contributed by atoms with E-state index in [1.165, 1.54) is 17.3 Å². The van der Waals surface area contributed by atoms with Gasteiger partial charge in [0.05, 0.1) is 6.54 Å². The van der Waals surface area contributed by atoms with E-state index in [2.05, 4.69) is 10.6 Å². The molecule has 1 saturated heterocycles. The number of hydrogen-bond acceptors (Lipinski definition) is 4. The fourth-order valence-corrected chi connectivity index (χ4v) is 3.91. The van der Waals surface area contributed by atoms with Crippen LogP contribution in [0.2, 0.25) is 0 Å². The molecule has 1 fully saturated rings. The lowest BCUT2D eigenvalue weighted by molar-refractivity contribution is -0.120. The lowest BCUT2D eigenvalue weighted by Crippen LogP contribution is -2.37. The average molecular weight is 234 g/mol. The van der Waals surface area contributed by atoms with E-state index in [0.717, 1.165) is 6.54 Å². The van der Waals surface area contributed by atoms with E-state index < -0.39 is 0 Å². The van der Waals surface area contributed by atoms with Crippen molar-refractivity contribution >= 4 is 29.4 Å². The van der Waals surface area contributed by atoms with Crippen LogP contribution in [0, 0.1) is 0 Å². The molecule has 1 heterocycles. The molecule has 3 nitrogen and oxygen atoms in total. The first-order chi connectivity index (χ1) is 6.83. The van der Waals surface area contributed by atoms with Crippen LogP contribution in [-0.4, -0.2) is 48.0 Å². The minimum Gasteiger partial charge on any atom is -0.355 e. The Bertz CT molecular complexity index is 172. The minimum absolute atomic E-state index is 0.0981. The molecule has 1 aliphatic heterocycles. The number of carbonyl (C=O) groups excluding carboxylic acids is 1. The van der Waals surface area contributed by atoms with Crippen LogP contribution in [0.15, 0.2) is 0 Å². The number of amides is 1. The SMILES string of the molecule is CCNC(=O)CNCC1CSCCS1. The molecule has 1 atom stereocenters. The molecule has 1 aliphatic rings. The van der Waals surface area contributed by atoms with Crippen molar-refractivity contribution in [3.63, 3.8) is 0 Å². The van der Waals surface area contributed by atoms with Gasteiger partial charge in [0.15, 0.2) is 0 Å². The molecule has 0 aromatic carbocycles. The van der Waals surface area contributed by atoms with Gasteiger partial charge in [-0.25, -0.2) is 0 Å². The highest BCUT2D eigenvalue weighted by Gasteiger charge is 2.13. The summed E-state index contributed by atoms with van der Waals surface area (Å²) in [7, 11) is 0. The van der Waals surface area contributed by atoms with Crippen molar-refractivity contribution in [3.05, 3.63) is 0 Å². The predicted molar refractivity (Wildman–Crippen MR) is 65.1 cm³/mol. The second-order valence-electron chi connectivity index (χ2n) is 3.15. The molecule has 0 aliphatic carbocycles. The standard InChI is InChI=1S/C9H18N2OS2/c1-2-11-9(12)6-10-5-8-7-13-3-4-14-8/h8,10H,2-7H2,1H3,(H,11,12). The Morgan fingerprint density at radius 1 is 1.50 bits per heavy atom. The summed E-state index contributed by atoms with van der Waals surface area (Å²) in [5, 5.41) is 6.65. The van der Waals surface area contributed by atoms with E-state index in [1.54, 1.807) is 0 Å². The van der Waals surface area contributed by atoms with Crippen LogP contribution in [0.4, 0.5) is 0 Å². The third-order valence-corrected chi connectivity index (χ3v) is 4.76. The van der Waals surface area contributed by atoms with E-state index in [4.69, 9.17) is 0 Å². The van der Waals surface area contributed by atoms with E-state index in [1.807, 2.05) is 30.4 Å². The second-order valence-corrected chi connectivity index (χ2v) is 5.71. The Kier molecular flexibility index (Phi) is 6.47. The van der Waals surface area contributed by atoms with Gasteiger partial charge in [0.2, 0.25) is 5.91 Å². The van der Waals surface area contributed by atoms with Gasteiger partial charge in [-0.05, 0) is 6.92 Å². The maximum atomic E-state index is 11.1. The average Bonchev–Trinajstić information content (AvgIpc) is 2.20. The van der Waals surface area contributed by atoms with Crippen LogP contribution >= 0.6 is 23.5 Å². The molecule has 0 saturated carbocycles. The van der Waals surface area contributed by atoms with Crippen molar-refractivity contribution in [2.45, 2.75) is 12.2 Å². The maximum Gasteiger partial charge on any atom is 0.233 e. The van der Waals surface area contributed by atoms with Crippen molar-refractivity contribution in [1.82, 2.24) is 10.6 Å². The molecule has 5 heteroatoms. The van der Waals surface area contributed by atoms with E-state index in [0.29, 0.717) is 18.3 Å². The van der Waals surface area contributed by atoms with Gasteiger partial charge >= 0.3 is 0 Å². The summed E-state index contributed by atoms with van der Waals surface area (Å²) in [4.78, 5) is 11.1. The normalized spacial score (nSPS) is 21.9. The molecule has 0 radical (unpaired) electrons. The monoisotopic (exact) mass is 234 g/mol. The van der Waals surface area contributed by atoms with Crippen LogP contribution in [0.3, 0.4) is 0 Å². The van der Waals surface area contributed by atoms with Crippen LogP contribution in [0.1, 0.15) is 6.92 Å². The zero-order valence-corrected chi connectivity index (χ0v) is 10.2. The lowest BCUT2D eigenvalue weighted by Gasteiger charge is -2.20. The number of rotatable bonds is 5. The number of nitrogens with one attached hydrogen (secondary N) is 2. The first-order valence-corrected chi connectivity index (χ1v) is 7.20. The lowest BCUT2D eigenvalue weighted by atomic mass is 10.4. The van der Waals surface area contributed by atoms with Crippen molar-refractivity contribution < 1.29 is 4.79 Å². The molecule has 82 valence electrons. The molecular formula is C9H18N2OS2. The Labute approximate surface area is 94.2 Å². The summed E-state index contributed by atoms with van der Waals surface area (Å²) >= 11 is 4.02. The minimum atomic E-state index is 0.0981. The quantitative estimate of drug-likeness (QED) is 0.729. The fraction of sp³-hybridized carbons (Fsp3) is 0.889. The van der Waals surface area contributed by atoms with Gasteiger partial charge in [-0.15, -0.1) is 0 Å². The topological polar surface area (TPSA) is 41.1 Å². The van der Waals surface area contributed by atoms with Crippen molar-refractivity contribution in [2.75, 3.05) is 36.9 Å². The number of likely N-dealkylation sites (N-methyl/N-ethyl adjacent to an activating group) is 1. The molecule has 0 aromatic heterocycles. The van der Waals surface area contributed by atoms with Crippen LogP contribution in [0.5, 0.6) is 0 Å². The molecule has 2 N–H and O–H groups in total. The van der Waals surface area contributed by atoms with Gasteiger partial charge in [0, 0.05) is 35.6 Å². The predicted octanol–water partition coefficient (Wildman–Crippen LogP) is 0.561. The Morgan fingerprint density at radius 2 is 2.36 bits per heavy atom. The second kappa shape index (κ2) is 7.43. The van der Waals surface area contributed by atoms with Gasteiger partial charge in [0.1, 0.15) is 0 Å². The fourth-order valence-electron chi connectivity index (χ4n) is 1.26. The largest absolute Gasteiger partial charge is 0.355 e. The Hall–Kier alpha value is 0.130. The highest BCUT2D eigenvalue weighted by atomic mass is 32.2. The van der Waals surface area contributed by atoms with Gasteiger partial charge in [-0.3, -0.25) is 4.79 Å². The molecule has 0 spiro atoms. The van der Waals surface area contributed by atoms with E-state index in [9.17, 15) is 4.79 Å². The molecule has 0 aromatic rings. The summed E-state index contributed by atoms with van der Waals surface area (Å²) in [5.74, 6) is 3.84. The van der Waals surface area contributed by atoms with Gasteiger partial charge in [-0.2, -0.15) is 23.5 Å². The number of carbonyl (C=O) groups is 1. The maximum absolute atomic E-state index is 11.1. The highest BCUT2D eigenvalue weighted by molar-refractivity contribution is 8.06. The third kappa shape index (κ3) is 5.12. The zero-order chi connectivity index (χ0) is 10.2. The zero-order valence-electron chi connectivity index (χ0n) is 8.54. The summed E-state index contributed by atoms with van der Waals surface area (Å²) in [6, 6.07) is 0. The molecule has 1 unspecified atom stereocenters. The van der Waals surface area contributed by atoms with Crippen LogP contribution in [0.25, 0.3) is 0 Å². The van der Waals surface area contributed by atoms with Crippen molar-refractivity contribution in [1.29, 1.82) is 0 Å². The molecule has 1 amide bonds. The van der Waals surface area contributed by atoms with Crippen LogP contribution < -0.4 is 10.6 Å². The first kappa shape index (κ1) is 12.2. The smallest absolute Gasteiger partial charge is 0.233 e. The van der Waals surface area contributed by atoms with Gasteiger partial charge in [-0.1, -0.05) is 0 Å². The van der Waals surface area contributed by atoms with Crippen molar-refractivity contribution in [2.24, 2.45) is 0 Å². The van der Waals surface area contributed by atoms with Crippen molar-refractivity contribution in [3.8, 4) is 0 Å². The Balaban J connectivity index is 1.99. The van der Waals surface area contributed by atoms with Gasteiger partial charge in [0.25, 0.3) is 0 Å². The molecule has 0 bridgehead atoms. The summed E-state index contributed by atoms with van der Waals surface area (Å²) in [6.07, 6.45) is 0. The van der Waals surface area contributed by atoms with E-state index in [-0.39, 0.29) is 5.91 Å². The number of hydrogen-bond donors (Lipinski definition) is 2. The van der Waals surface area contributed by atoms with Crippen LogP contribution in [-0.2, 0) is 4.79 Å². The van der Waals surface area contributed by atoms with Gasteiger partial charge < -0.3 is 10.6 Å². The molecule has 1 rings (SSSR count).